The molecule has 0 bridgehead atoms. The Morgan fingerprint density at radius 3 is 2.07 bits per heavy atom. The summed E-state index contributed by atoms with van der Waals surface area (Å²) in [5, 5.41) is 9.11. The predicted octanol–water partition coefficient (Wildman–Crippen LogP) is 5.37. The average Bonchev–Trinajstić information content (AvgIpc) is 3.06. The molecule has 0 aliphatic carbocycles. The molecule has 3 nitrogen and oxygen atoms in total. The van der Waals surface area contributed by atoms with E-state index in [1.165, 1.54) is 11.8 Å². The first-order chi connectivity index (χ1) is 13.6. The molecular weight excluding hydrogens is 364 g/mol. The van der Waals surface area contributed by atoms with Gasteiger partial charge in [-0.25, -0.2) is 0 Å². The van der Waals surface area contributed by atoms with Crippen LogP contribution in [0, 0.1) is 11.3 Å². The molecule has 1 heterocycles. The number of allylic oxidation sites excluding steroid dienone is 1. The molecule has 0 saturated carbocycles. The van der Waals surface area contributed by atoms with E-state index in [0.29, 0.717) is 5.56 Å². The number of nitrogens with zero attached hydrogens (tertiary/aromatic N) is 2. The molecule has 28 heavy (non-hydrogen) atoms. The van der Waals surface area contributed by atoms with Crippen molar-refractivity contribution in [1.29, 1.82) is 5.26 Å². The quantitative estimate of drug-likeness (QED) is 0.571. The number of carbonyl (C=O) groups excluding carboxylic acids is 1. The van der Waals surface area contributed by atoms with Gasteiger partial charge in [-0.15, -0.1) is 0 Å². The molecule has 4 rings (SSSR count). The fourth-order valence-electron chi connectivity index (χ4n) is 3.25. The standard InChI is InChI=1S/C24H18N2OS/c1-26(2)19-13-11-18(12-14-19)22(17-9-7-16(15-25)8-10-17)24-23(27)20-5-3-4-6-21(20)28-24/h3-14H,1-2H3/b24-22-. The second-order valence-electron chi connectivity index (χ2n) is 6.76. The molecule has 0 aromatic heterocycles. The lowest BCUT2D eigenvalue weighted by Gasteiger charge is -2.15. The number of carbonyl (C=O) groups is 1. The molecule has 0 atom stereocenters. The molecular formula is C24H18N2OS. The normalized spacial score (nSPS) is 14.4. The topological polar surface area (TPSA) is 44.1 Å². The Morgan fingerprint density at radius 2 is 1.50 bits per heavy atom. The second-order valence-corrected chi connectivity index (χ2v) is 7.81. The molecule has 3 aromatic carbocycles. The van der Waals surface area contributed by atoms with Gasteiger partial charge in [0.05, 0.1) is 16.5 Å². The number of ketones is 1. The lowest BCUT2D eigenvalue weighted by Crippen LogP contribution is -2.08. The van der Waals surface area contributed by atoms with Crippen LogP contribution in [0.25, 0.3) is 5.57 Å². The number of fused-ring (bicyclic) bond motifs is 1. The minimum Gasteiger partial charge on any atom is -0.378 e. The summed E-state index contributed by atoms with van der Waals surface area (Å²) in [6.45, 7) is 0. The fraction of sp³-hybridized carbons (Fsp3) is 0.0833. The first-order valence-electron chi connectivity index (χ1n) is 8.92. The summed E-state index contributed by atoms with van der Waals surface area (Å²) in [5.74, 6) is 0.0524. The highest BCUT2D eigenvalue weighted by molar-refractivity contribution is 8.05. The summed E-state index contributed by atoms with van der Waals surface area (Å²) in [6, 6.07) is 25.5. The fourth-order valence-corrected chi connectivity index (χ4v) is 4.43. The minimum atomic E-state index is 0.0524. The largest absolute Gasteiger partial charge is 0.378 e. The van der Waals surface area contributed by atoms with E-state index in [1.807, 2.05) is 67.5 Å². The van der Waals surface area contributed by atoms with Crippen LogP contribution < -0.4 is 4.90 Å². The van der Waals surface area contributed by atoms with Crippen LogP contribution in [0.3, 0.4) is 0 Å². The van der Waals surface area contributed by atoms with Gasteiger partial charge in [-0.05, 0) is 47.5 Å². The highest BCUT2D eigenvalue weighted by atomic mass is 32.2. The van der Waals surface area contributed by atoms with E-state index in [2.05, 4.69) is 18.2 Å². The Hall–Kier alpha value is -3.29. The van der Waals surface area contributed by atoms with E-state index < -0.39 is 0 Å². The van der Waals surface area contributed by atoms with Crippen molar-refractivity contribution in [2.24, 2.45) is 0 Å². The smallest absolute Gasteiger partial charge is 0.201 e. The van der Waals surface area contributed by atoms with Crippen molar-refractivity contribution in [3.8, 4) is 6.07 Å². The molecule has 0 spiro atoms. The van der Waals surface area contributed by atoms with Crippen molar-refractivity contribution in [1.82, 2.24) is 0 Å². The molecule has 4 heteroatoms. The summed E-state index contributed by atoms with van der Waals surface area (Å²) in [5.41, 5.74) is 5.27. The van der Waals surface area contributed by atoms with E-state index in [9.17, 15) is 4.79 Å². The van der Waals surface area contributed by atoms with Gasteiger partial charge in [-0.2, -0.15) is 5.26 Å². The molecule has 1 aliphatic heterocycles. The van der Waals surface area contributed by atoms with Crippen molar-refractivity contribution in [3.63, 3.8) is 0 Å². The Balaban J connectivity index is 1.89. The Bertz CT molecular complexity index is 1120. The third-order valence-electron chi connectivity index (χ3n) is 4.75. The maximum atomic E-state index is 13.1. The van der Waals surface area contributed by atoms with Crippen molar-refractivity contribution in [3.05, 3.63) is 100.0 Å². The highest BCUT2D eigenvalue weighted by Crippen LogP contribution is 2.45. The van der Waals surface area contributed by atoms with Crippen LogP contribution in [-0.2, 0) is 0 Å². The summed E-state index contributed by atoms with van der Waals surface area (Å²) in [6.07, 6.45) is 0. The van der Waals surface area contributed by atoms with E-state index in [0.717, 1.165) is 37.8 Å². The Labute approximate surface area is 168 Å². The van der Waals surface area contributed by atoms with Crippen molar-refractivity contribution >= 4 is 28.8 Å². The van der Waals surface area contributed by atoms with Crippen LogP contribution >= 0.6 is 11.8 Å². The van der Waals surface area contributed by atoms with Gasteiger partial charge in [0.1, 0.15) is 0 Å². The molecule has 0 amide bonds. The third-order valence-corrected chi connectivity index (χ3v) is 5.92. The molecule has 3 aromatic rings. The third kappa shape index (κ3) is 3.21. The van der Waals surface area contributed by atoms with E-state index in [-0.39, 0.29) is 5.78 Å². The van der Waals surface area contributed by atoms with Gasteiger partial charge in [0.15, 0.2) is 0 Å². The van der Waals surface area contributed by atoms with Crippen LogP contribution in [0.1, 0.15) is 27.0 Å². The van der Waals surface area contributed by atoms with Gasteiger partial charge in [-0.3, -0.25) is 4.79 Å². The molecule has 0 unspecified atom stereocenters. The number of Topliss-reactive ketones (excluding diaryl/α,β-unsaturated/α-hetero) is 1. The van der Waals surface area contributed by atoms with E-state index in [1.54, 1.807) is 12.1 Å². The second kappa shape index (κ2) is 7.38. The number of hydrogen-bond acceptors (Lipinski definition) is 4. The number of anilines is 1. The van der Waals surface area contributed by atoms with Gasteiger partial charge in [0, 0.05) is 35.8 Å². The van der Waals surface area contributed by atoms with Crippen LogP contribution in [0.4, 0.5) is 5.69 Å². The number of nitriles is 1. The number of benzene rings is 3. The Morgan fingerprint density at radius 1 is 0.893 bits per heavy atom. The maximum absolute atomic E-state index is 13.1. The molecule has 0 N–H and O–H groups in total. The van der Waals surface area contributed by atoms with Crippen LogP contribution in [0.15, 0.2) is 82.6 Å². The first kappa shape index (κ1) is 18.1. The molecule has 1 aliphatic rings. The molecule has 0 saturated heterocycles. The number of thioether (sulfide) groups is 1. The van der Waals surface area contributed by atoms with Gasteiger partial charge in [0.2, 0.25) is 5.78 Å². The van der Waals surface area contributed by atoms with Crippen LogP contribution in [0.5, 0.6) is 0 Å². The van der Waals surface area contributed by atoms with E-state index in [4.69, 9.17) is 5.26 Å². The van der Waals surface area contributed by atoms with Crippen LogP contribution in [0.2, 0.25) is 0 Å². The lowest BCUT2D eigenvalue weighted by atomic mass is 9.94. The van der Waals surface area contributed by atoms with Gasteiger partial charge in [0.25, 0.3) is 0 Å². The Kier molecular flexibility index (Phi) is 4.77. The zero-order valence-corrected chi connectivity index (χ0v) is 16.5. The average molecular weight is 382 g/mol. The van der Waals surface area contributed by atoms with Gasteiger partial charge in [-0.1, -0.05) is 48.2 Å². The monoisotopic (exact) mass is 382 g/mol. The summed E-state index contributed by atoms with van der Waals surface area (Å²) in [7, 11) is 4.00. The van der Waals surface area contributed by atoms with Gasteiger partial charge >= 0.3 is 0 Å². The first-order valence-corrected chi connectivity index (χ1v) is 9.74. The van der Waals surface area contributed by atoms with Crippen molar-refractivity contribution < 1.29 is 4.79 Å². The minimum absolute atomic E-state index is 0.0524. The summed E-state index contributed by atoms with van der Waals surface area (Å²) in [4.78, 5) is 16.9. The SMILES string of the molecule is CN(C)c1ccc(/C(=C2\Sc3ccccc3C2=O)c2ccc(C#N)cc2)cc1. The lowest BCUT2D eigenvalue weighted by molar-refractivity contribution is 0.104. The summed E-state index contributed by atoms with van der Waals surface area (Å²) < 4.78 is 0. The maximum Gasteiger partial charge on any atom is 0.201 e. The van der Waals surface area contributed by atoms with Crippen LogP contribution in [-0.4, -0.2) is 19.9 Å². The molecule has 136 valence electrons. The zero-order chi connectivity index (χ0) is 19.7. The number of rotatable bonds is 3. The van der Waals surface area contributed by atoms with Crippen molar-refractivity contribution in [2.45, 2.75) is 4.90 Å². The van der Waals surface area contributed by atoms with E-state index >= 15 is 0 Å². The predicted molar refractivity (Wildman–Crippen MR) is 115 cm³/mol. The van der Waals surface area contributed by atoms with Gasteiger partial charge < -0.3 is 4.90 Å². The zero-order valence-electron chi connectivity index (χ0n) is 15.6. The molecule has 0 fully saturated rings. The van der Waals surface area contributed by atoms with Crippen molar-refractivity contribution in [2.75, 3.05) is 19.0 Å². The number of hydrogen-bond donors (Lipinski definition) is 0. The molecule has 0 radical (unpaired) electrons. The summed E-state index contributed by atoms with van der Waals surface area (Å²) >= 11 is 1.52. The highest BCUT2D eigenvalue weighted by Gasteiger charge is 2.29.